The fourth-order valence-corrected chi connectivity index (χ4v) is 3.59. The smallest absolute Gasteiger partial charge is 0.195 e. The van der Waals surface area contributed by atoms with Crippen molar-refractivity contribution in [2.75, 3.05) is 12.1 Å². The van der Waals surface area contributed by atoms with Gasteiger partial charge in [-0.25, -0.2) is 0 Å². The number of hydrogen-bond donors (Lipinski definition) is 0. The summed E-state index contributed by atoms with van der Waals surface area (Å²) in [5, 5.41) is 6.41. The van der Waals surface area contributed by atoms with E-state index in [0.717, 1.165) is 12.1 Å². The highest BCUT2D eigenvalue weighted by Crippen LogP contribution is 2.29. The molecule has 0 radical (unpaired) electrons. The predicted molar refractivity (Wildman–Crippen MR) is 122 cm³/mol. The molecule has 3 aromatic carbocycles. The van der Waals surface area contributed by atoms with Crippen LogP contribution in [0.3, 0.4) is 0 Å². The number of carbonyl (C=O) groups excluding carboxylic acids is 1. The second kappa shape index (κ2) is 8.87. The molecule has 0 N–H and O–H groups in total. The maximum Gasteiger partial charge on any atom is 0.195 e. The molecule has 0 amide bonds. The maximum atomic E-state index is 12.9. The van der Waals surface area contributed by atoms with E-state index in [9.17, 15) is 4.79 Å². The molecule has 0 aliphatic heterocycles. The van der Waals surface area contributed by atoms with Gasteiger partial charge in [0.2, 0.25) is 0 Å². The summed E-state index contributed by atoms with van der Waals surface area (Å²) >= 11 is 0. The number of ketones is 1. The van der Waals surface area contributed by atoms with Crippen LogP contribution in [-0.2, 0) is 5.41 Å². The van der Waals surface area contributed by atoms with Gasteiger partial charge in [0.1, 0.15) is 0 Å². The van der Waals surface area contributed by atoms with E-state index in [1.54, 1.807) is 5.01 Å². The van der Waals surface area contributed by atoms with Gasteiger partial charge in [-0.3, -0.25) is 9.80 Å². The lowest BCUT2D eigenvalue weighted by Gasteiger charge is -2.25. The first kappa shape index (κ1) is 20.5. The highest BCUT2D eigenvalue weighted by molar-refractivity contribution is 6.12. The Morgan fingerprint density at radius 1 is 0.931 bits per heavy atom. The van der Waals surface area contributed by atoms with Gasteiger partial charge in [-0.2, -0.15) is 5.10 Å². The number of benzene rings is 3. The zero-order valence-corrected chi connectivity index (χ0v) is 17.6. The van der Waals surface area contributed by atoms with Crippen LogP contribution in [0.4, 0.5) is 5.69 Å². The van der Waals surface area contributed by atoms with Crippen molar-refractivity contribution in [1.29, 1.82) is 0 Å². The van der Waals surface area contributed by atoms with Crippen LogP contribution in [-0.4, -0.2) is 19.0 Å². The van der Waals surface area contributed by atoms with Crippen molar-refractivity contribution >= 4 is 17.7 Å². The Hall–Kier alpha value is -3.20. The third-order valence-corrected chi connectivity index (χ3v) is 5.26. The second-order valence-electron chi connectivity index (χ2n) is 7.94. The van der Waals surface area contributed by atoms with Crippen LogP contribution in [0.5, 0.6) is 0 Å². The van der Waals surface area contributed by atoms with Crippen molar-refractivity contribution < 1.29 is 4.79 Å². The van der Waals surface area contributed by atoms with Crippen molar-refractivity contribution in [2.45, 2.75) is 32.6 Å². The molecule has 0 spiro atoms. The lowest BCUT2D eigenvalue weighted by Crippen LogP contribution is -2.20. The molecule has 0 aliphatic carbocycles. The number of anilines is 1. The Bertz CT molecular complexity index is 1010. The molecule has 0 saturated carbocycles. The van der Waals surface area contributed by atoms with Gasteiger partial charge in [0.25, 0.3) is 0 Å². The fraction of sp³-hybridized carbons (Fsp3) is 0.231. The van der Waals surface area contributed by atoms with Crippen LogP contribution < -0.4 is 5.01 Å². The molecular weight excluding hydrogens is 356 g/mol. The molecule has 3 nitrogen and oxygen atoms in total. The Kier molecular flexibility index (Phi) is 6.28. The Morgan fingerprint density at radius 3 is 2.28 bits per heavy atom. The van der Waals surface area contributed by atoms with E-state index in [2.05, 4.69) is 50.1 Å². The SMILES string of the molecule is Cc1ccccc1C(C)(C)C/C=N/N(C)c1ccccc1C(=O)c1ccccc1. The van der Waals surface area contributed by atoms with Crippen LogP contribution in [0.1, 0.15) is 47.3 Å². The van der Waals surface area contributed by atoms with Gasteiger partial charge in [0, 0.05) is 24.4 Å². The number of aryl methyl sites for hydroxylation is 1. The van der Waals surface area contributed by atoms with Crippen LogP contribution >= 0.6 is 0 Å². The normalized spacial score (nSPS) is 11.6. The number of carbonyl (C=O) groups is 1. The third-order valence-electron chi connectivity index (χ3n) is 5.26. The molecule has 0 fully saturated rings. The van der Waals surface area contributed by atoms with Gasteiger partial charge in [0.15, 0.2) is 5.78 Å². The predicted octanol–water partition coefficient (Wildman–Crippen LogP) is 6.02. The monoisotopic (exact) mass is 384 g/mol. The number of nitrogens with zero attached hydrogens (tertiary/aromatic N) is 2. The molecule has 0 heterocycles. The van der Waals surface area contributed by atoms with Crippen LogP contribution in [0, 0.1) is 6.92 Å². The number of para-hydroxylation sites is 1. The molecule has 0 saturated heterocycles. The largest absolute Gasteiger partial charge is 0.289 e. The average molecular weight is 385 g/mol. The number of hydrogen-bond acceptors (Lipinski definition) is 3. The zero-order valence-electron chi connectivity index (χ0n) is 17.6. The first-order chi connectivity index (χ1) is 13.9. The number of hydrazone groups is 1. The molecule has 0 aromatic heterocycles. The van der Waals surface area contributed by atoms with Gasteiger partial charge < -0.3 is 0 Å². The van der Waals surface area contributed by atoms with Gasteiger partial charge in [-0.05, 0) is 42.0 Å². The molecule has 0 aliphatic rings. The lowest BCUT2D eigenvalue weighted by atomic mass is 9.80. The van der Waals surface area contributed by atoms with Gasteiger partial charge in [-0.15, -0.1) is 0 Å². The molecule has 3 rings (SSSR count). The standard InChI is InChI=1S/C26H28N2O/c1-20-12-8-10-16-23(20)26(2,3)18-19-27-28(4)24-17-11-9-15-22(24)25(29)21-13-6-5-7-14-21/h5-17,19H,18H2,1-4H3/b27-19+. The van der Waals surface area contributed by atoms with E-state index in [1.165, 1.54) is 11.1 Å². The van der Waals surface area contributed by atoms with Crippen LogP contribution in [0.15, 0.2) is 84.0 Å². The maximum absolute atomic E-state index is 12.9. The van der Waals surface area contributed by atoms with E-state index in [-0.39, 0.29) is 11.2 Å². The zero-order chi connectivity index (χ0) is 20.9. The van der Waals surface area contributed by atoms with E-state index in [1.807, 2.05) is 67.9 Å². The summed E-state index contributed by atoms with van der Waals surface area (Å²) in [7, 11) is 1.88. The molecule has 0 atom stereocenters. The molecular formula is C26H28N2O. The molecule has 3 aromatic rings. The van der Waals surface area contributed by atoms with Gasteiger partial charge >= 0.3 is 0 Å². The van der Waals surface area contributed by atoms with E-state index >= 15 is 0 Å². The van der Waals surface area contributed by atoms with Crippen molar-refractivity contribution in [3.05, 3.63) is 101 Å². The van der Waals surface area contributed by atoms with E-state index in [0.29, 0.717) is 11.1 Å². The van der Waals surface area contributed by atoms with Crippen molar-refractivity contribution in [3.8, 4) is 0 Å². The summed E-state index contributed by atoms with van der Waals surface area (Å²) in [6.45, 7) is 6.61. The average Bonchev–Trinajstić information content (AvgIpc) is 2.74. The Labute approximate surface area is 173 Å². The van der Waals surface area contributed by atoms with Crippen molar-refractivity contribution in [2.24, 2.45) is 5.10 Å². The third kappa shape index (κ3) is 4.80. The lowest BCUT2D eigenvalue weighted by molar-refractivity contribution is 0.103. The summed E-state index contributed by atoms with van der Waals surface area (Å²) in [5.41, 5.74) is 4.72. The Balaban J connectivity index is 1.79. The first-order valence-electron chi connectivity index (χ1n) is 9.91. The van der Waals surface area contributed by atoms with Gasteiger partial charge in [-0.1, -0.05) is 80.6 Å². The van der Waals surface area contributed by atoms with E-state index < -0.39 is 0 Å². The fourth-order valence-electron chi connectivity index (χ4n) is 3.59. The van der Waals surface area contributed by atoms with Gasteiger partial charge in [0.05, 0.1) is 5.69 Å². The Morgan fingerprint density at radius 2 is 1.55 bits per heavy atom. The quantitative estimate of drug-likeness (QED) is 0.284. The molecule has 0 unspecified atom stereocenters. The highest BCUT2D eigenvalue weighted by Gasteiger charge is 2.21. The minimum absolute atomic E-state index is 0.00323. The van der Waals surface area contributed by atoms with Crippen LogP contribution in [0.2, 0.25) is 0 Å². The second-order valence-corrected chi connectivity index (χ2v) is 7.94. The van der Waals surface area contributed by atoms with Crippen LogP contribution in [0.25, 0.3) is 0 Å². The minimum atomic E-state index is -0.0188. The number of rotatable bonds is 7. The molecule has 148 valence electrons. The van der Waals surface area contributed by atoms with Crippen molar-refractivity contribution in [3.63, 3.8) is 0 Å². The minimum Gasteiger partial charge on any atom is -0.289 e. The van der Waals surface area contributed by atoms with E-state index in [4.69, 9.17) is 0 Å². The summed E-state index contributed by atoms with van der Waals surface area (Å²) in [6.07, 6.45) is 2.74. The summed E-state index contributed by atoms with van der Waals surface area (Å²) in [4.78, 5) is 12.9. The first-order valence-corrected chi connectivity index (χ1v) is 9.91. The molecule has 0 bridgehead atoms. The summed E-state index contributed by atoms with van der Waals surface area (Å²) in [6, 6.07) is 25.4. The molecule has 29 heavy (non-hydrogen) atoms. The summed E-state index contributed by atoms with van der Waals surface area (Å²) in [5.74, 6) is 0.00323. The highest BCUT2D eigenvalue weighted by atomic mass is 16.1. The molecule has 3 heteroatoms. The van der Waals surface area contributed by atoms with Crippen molar-refractivity contribution in [1.82, 2.24) is 0 Å². The summed E-state index contributed by atoms with van der Waals surface area (Å²) < 4.78 is 0. The topological polar surface area (TPSA) is 32.7 Å².